The molecule has 0 radical (unpaired) electrons. The first-order chi connectivity index (χ1) is 10.0. The number of likely N-dealkylation sites (N-methyl/N-ethyl adjacent to an activating group) is 1. The highest BCUT2D eigenvalue weighted by Gasteiger charge is 2.23. The molecule has 0 bridgehead atoms. The van der Waals surface area contributed by atoms with Gasteiger partial charge in [0.2, 0.25) is 5.91 Å². The van der Waals surface area contributed by atoms with Gasteiger partial charge in [0.15, 0.2) is 0 Å². The molecule has 2 rings (SSSR count). The lowest BCUT2D eigenvalue weighted by Crippen LogP contribution is -2.47. The second-order valence-electron chi connectivity index (χ2n) is 5.42. The molecule has 5 heteroatoms. The Hall–Kier alpha value is -1.85. The zero-order chi connectivity index (χ0) is 15.4. The lowest BCUT2D eigenvalue weighted by Gasteiger charge is -2.27. The van der Waals surface area contributed by atoms with Crippen molar-refractivity contribution in [2.45, 2.75) is 25.4 Å². The number of H-pyrrole nitrogens is 1. The fraction of sp³-hybridized carbons (Fsp3) is 0.438. The Bertz CT molecular complexity index is 608. The second-order valence-corrected chi connectivity index (χ2v) is 5.42. The fourth-order valence-electron chi connectivity index (χ4n) is 2.46. The second kappa shape index (κ2) is 6.74. The minimum atomic E-state index is -0.548. The average molecular weight is 289 g/mol. The summed E-state index contributed by atoms with van der Waals surface area (Å²) in [7, 11) is 3.39. The smallest absolute Gasteiger partial charge is 0.239 e. The molecule has 0 saturated heterocycles. The molecule has 0 aliphatic heterocycles. The van der Waals surface area contributed by atoms with Crippen LogP contribution in [0.1, 0.15) is 12.5 Å². The number of para-hydroxylation sites is 1. The van der Waals surface area contributed by atoms with Gasteiger partial charge in [-0.25, -0.2) is 0 Å². The van der Waals surface area contributed by atoms with Crippen LogP contribution in [0.15, 0.2) is 30.5 Å². The van der Waals surface area contributed by atoms with Crippen molar-refractivity contribution in [3.63, 3.8) is 0 Å². The van der Waals surface area contributed by atoms with Gasteiger partial charge >= 0.3 is 0 Å². The molecule has 0 aliphatic carbocycles. The third kappa shape index (κ3) is 3.43. The molecular weight excluding hydrogens is 266 g/mol. The van der Waals surface area contributed by atoms with Crippen LogP contribution in [0.3, 0.4) is 0 Å². The number of carbonyl (C=O) groups excluding carboxylic acids is 1. The molecule has 0 fully saturated rings. The Kier molecular flexibility index (Phi) is 4.98. The minimum Gasteiger partial charge on any atom is -0.383 e. The Balaban J connectivity index is 2.07. The molecule has 2 atom stereocenters. The van der Waals surface area contributed by atoms with Crippen molar-refractivity contribution >= 4 is 16.8 Å². The number of fused-ring (bicyclic) bond motifs is 1. The Labute approximate surface area is 125 Å². The highest BCUT2D eigenvalue weighted by molar-refractivity contribution is 5.86. The van der Waals surface area contributed by atoms with Crippen LogP contribution < -0.4 is 5.73 Å². The largest absolute Gasteiger partial charge is 0.383 e. The molecule has 5 nitrogen and oxygen atoms in total. The van der Waals surface area contributed by atoms with E-state index < -0.39 is 6.04 Å². The summed E-state index contributed by atoms with van der Waals surface area (Å²) >= 11 is 0. The molecule has 1 amide bonds. The zero-order valence-corrected chi connectivity index (χ0v) is 12.8. The Morgan fingerprint density at radius 2 is 2.14 bits per heavy atom. The molecule has 0 aliphatic rings. The number of amides is 1. The molecule has 0 spiro atoms. The molecule has 1 aromatic carbocycles. The number of nitrogens with one attached hydrogen (secondary N) is 1. The van der Waals surface area contributed by atoms with Gasteiger partial charge in [0.05, 0.1) is 18.7 Å². The maximum absolute atomic E-state index is 12.4. The van der Waals surface area contributed by atoms with Gasteiger partial charge in [0.25, 0.3) is 0 Å². The van der Waals surface area contributed by atoms with Gasteiger partial charge in [-0.15, -0.1) is 0 Å². The monoisotopic (exact) mass is 289 g/mol. The number of aromatic amines is 1. The quantitative estimate of drug-likeness (QED) is 0.847. The van der Waals surface area contributed by atoms with Crippen LogP contribution in [0.4, 0.5) is 0 Å². The van der Waals surface area contributed by atoms with E-state index in [0.717, 1.165) is 16.5 Å². The van der Waals surface area contributed by atoms with E-state index in [4.69, 9.17) is 10.5 Å². The summed E-state index contributed by atoms with van der Waals surface area (Å²) in [5.41, 5.74) is 8.22. The van der Waals surface area contributed by atoms with Crippen LogP contribution in [0.2, 0.25) is 0 Å². The number of ether oxygens (including phenoxy) is 1. The van der Waals surface area contributed by atoms with Crippen molar-refractivity contribution in [2.75, 3.05) is 20.8 Å². The molecule has 0 saturated carbocycles. The van der Waals surface area contributed by atoms with Crippen LogP contribution >= 0.6 is 0 Å². The van der Waals surface area contributed by atoms with Gasteiger partial charge in [-0.3, -0.25) is 4.79 Å². The van der Waals surface area contributed by atoms with Gasteiger partial charge in [-0.2, -0.15) is 0 Å². The number of rotatable bonds is 6. The van der Waals surface area contributed by atoms with Crippen molar-refractivity contribution in [1.82, 2.24) is 9.88 Å². The normalized spacial score (nSPS) is 14.1. The lowest BCUT2D eigenvalue weighted by atomic mass is 10.0. The summed E-state index contributed by atoms with van der Waals surface area (Å²) in [5.74, 6) is -0.0650. The first-order valence-corrected chi connectivity index (χ1v) is 7.10. The van der Waals surface area contributed by atoms with Crippen LogP contribution in [0.5, 0.6) is 0 Å². The average Bonchev–Trinajstić information content (AvgIpc) is 2.89. The van der Waals surface area contributed by atoms with Gasteiger partial charge in [-0.05, 0) is 25.0 Å². The number of methoxy groups -OCH3 is 1. The number of nitrogens with zero attached hydrogens (tertiary/aromatic N) is 1. The Morgan fingerprint density at radius 1 is 1.43 bits per heavy atom. The number of carbonyl (C=O) groups is 1. The number of aromatic nitrogens is 1. The van der Waals surface area contributed by atoms with E-state index >= 15 is 0 Å². The topological polar surface area (TPSA) is 71.3 Å². The van der Waals surface area contributed by atoms with Crippen LogP contribution in [-0.2, 0) is 16.0 Å². The van der Waals surface area contributed by atoms with Gasteiger partial charge in [0, 0.05) is 31.3 Å². The molecule has 1 aromatic heterocycles. The van der Waals surface area contributed by atoms with Gasteiger partial charge in [0.1, 0.15) is 0 Å². The van der Waals surface area contributed by atoms with E-state index in [9.17, 15) is 4.79 Å². The van der Waals surface area contributed by atoms with Crippen molar-refractivity contribution in [1.29, 1.82) is 0 Å². The molecule has 2 aromatic rings. The van der Waals surface area contributed by atoms with Crippen molar-refractivity contribution in [3.8, 4) is 0 Å². The first-order valence-electron chi connectivity index (χ1n) is 7.10. The summed E-state index contributed by atoms with van der Waals surface area (Å²) in [6.45, 7) is 2.45. The van der Waals surface area contributed by atoms with Crippen LogP contribution in [-0.4, -0.2) is 48.6 Å². The minimum absolute atomic E-state index is 0.0107. The summed E-state index contributed by atoms with van der Waals surface area (Å²) in [6, 6.07) is 7.48. The molecular formula is C16H23N3O2. The fourth-order valence-corrected chi connectivity index (χ4v) is 2.46. The summed E-state index contributed by atoms with van der Waals surface area (Å²) in [4.78, 5) is 17.2. The highest BCUT2D eigenvalue weighted by Crippen LogP contribution is 2.19. The van der Waals surface area contributed by atoms with E-state index in [0.29, 0.717) is 13.0 Å². The summed E-state index contributed by atoms with van der Waals surface area (Å²) in [6.07, 6.45) is 2.45. The SMILES string of the molecule is COCC(C)N(C)C(=O)[C@H](N)Cc1c[nH]c2ccccc12. The number of hydrogen-bond donors (Lipinski definition) is 2. The van der Waals surface area contributed by atoms with Crippen molar-refractivity contribution in [2.24, 2.45) is 5.73 Å². The van der Waals surface area contributed by atoms with Crippen molar-refractivity contribution in [3.05, 3.63) is 36.0 Å². The maximum Gasteiger partial charge on any atom is 0.239 e. The van der Waals surface area contributed by atoms with E-state index in [2.05, 4.69) is 4.98 Å². The molecule has 21 heavy (non-hydrogen) atoms. The summed E-state index contributed by atoms with van der Waals surface area (Å²) in [5, 5.41) is 1.12. The number of nitrogens with two attached hydrogens (primary N) is 1. The predicted molar refractivity (Wildman–Crippen MR) is 84.1 cm³/mol. The lowest BCUT2D eigenvalue weighted by molar-refractivity contribution is -0.133. The maximum atomic E-state index is 12.4. The molecule has 1 heterocycles. The van der Waals surface area contributed by atoms with Crippen LogP contribution in [0, 0.1) is 0 Å². The summed E-state index contributed by atoms with van der Waals surface area (Å²) < 4.78 is 5.08. The van der Waals surface area contributed by atoms with Gasteiger partial charge in [-0.1, -0.05) is 18.2 Å². The van der Waals surface area contributed by atoms with E-state index in [1.165, 1.54) is 0 Å². The van der Waals surface area contributed by atoms with Crippen molar-refractivity contribution < 1.29 is 9.53 Å². The molecule has 114 valence electrons. The third-order valence-corrected chi connectivity index (χ3v) is 3.85. The standard InChI is InChI=1S/C16H23N3O2/c1-11(10-21-3)19(2)16(20)14(17)8-12-9-18-15-7-5-4-6-13(12)15/h4-7,9,11,14,18H,8,10,17H2,1-3H3/t11?,14-/m1/s1. The third-order valence-electron chi connectivity index (χ3n) is 3.85. The van der Waals surface area contributed by atoms with E-state index in [-0.39, 0.29) is 11.9 Å². The highest BCUT2D eigenvalue weighted by atomic mass is 16.5. The number of benzene rings is 1. The first kappa shape index (κ1) is 15.5. The number of hydrogen-bond acceptors (Lipinski definition) is 3. The van der Waals surface area contributed by atoms with E-state index in [1.807, 2.05) is 37.4 Å². The Morgan fingerprint density at radius 3 is 2.86 bits per heavy atom. The van der Waals surface area contributed by atoms with E-state index in [1.54, 1.807) is 19.1 Å². The van der Waals surface area contributed by atoms with Gasteiger partial charge < -0.3 is 20.4 Å². The molecule has 1 unspecified atom stereocenters. The van der Waals surface area contributed by atoms with Crippen LogP contribution in [0.25, 0.3) is 10.9 Å². The molecule has 3 N–H and O–H groups in total. The predicted octanol–water partition coefficient (Wildman–Crippen LogP) is 1.53. The zero-order valence-electron chi connectivity index (χ0n) is 12.8.